The van der Waals surface area contributed by atoms with Crippen LogP contribution in [0.5, 0.6) is 11.6 Å². The molecule has 1 heterocycles. The smallest absolute Gasteiger partial charge is 0.238 e. The van der Waals surface area contributed by atoms with Crippen LogP contribution in [0.15, 0.2) is 34.9 Å². The van der Waals surface area contributed by atoms with Gasteiger partial charge in [0.2, 0.25) is 5.88 Å². The van der Waals surface area contributed by atoms with Crippen LogP contribution in [0.3, 0.4) is 0 Å². The first kappa shape index (κ1) is 12.1. The van der Waals surface area contributed by atoms with Crippen molar-refractivity contribution in [1.29, 1.82) is 0 Å². The van der Waals surface area contributed by atoms with Crippen LogP contribution < -0.4 is 10.5 Å². The van der Waals surface area contributed by atoms with Crippen LogP contribution in [0, 0.1) is 5.82 Å². The molecular weight excluding hydrogens is 310 g/mol. The number of pyridine rings is 1. The number of aromatic nitrogens is 1. The van der Waals surface area contributed by atoms with Gasteiger partial charge in [0.15, 0.2) is 0 Å². The van der Waals surface area contributed by atoms with Crippen LogP contribution in [0.4, 0.5) is 10.1 Å². The van der Waals surface area contributed by atoms with Crippen LogP contribution in [-0.2, 0) is 0 Å². The number of ether oxygens (including phenoxy) is 1. The summed E-state index contributed by atoms with van der Waals surface area (Å²) in [5.41, 5.74) is 5.93. The van der Waals surface area contributed by atoms with Crippen molar-refractivity contribution in [3.8, 4) is 11.6 Å². The fourth-order valence-electron chi connectivity index (χ4n) is 1.17. The highest BCUT2D eigenvalue weighted by molar-refractivity contribution is 9.10. The van der Waals surface area contributed by atoms with E-state index in [0.29, 0.717) is 15.9 Å². The predicted molar refractivity (Wildman–Crippen MR) is 67.8 cm³/mol. The molecule has 0 saturated heterocycles. The zero-order chi connectivity index (χ0) is 12.4. The van der Waals surface area contributed by atoms with Gasteiger partial charge in [0.05, 0.1) is 16.4 Å². The molecule has 0 aliphatic carbocycles. The van der Waals surface area contributed by atoms with E-state index in [2.05, 4.69) is 20.9 Å². The summed E-state index contributed by atoms with van der Waals surface area (Å²) in [6.45, 7) is 0. The molecule has 0 saturated carbocycles. The third kappa shape index (κ3) is 2.87. The molecule has 2 aromatic rings. The summed E-state index contributed by atoms with van der Waals surface area (Å²) >= 11 is 8.93. The van der Waals surface area contributed by atoms with Gasteiger partial charge in [-0.05, 0) is 34.1 Å². The zero-order valence-electron chi connectivity index (χ0n) is 8.45. The molecule has 2 rings (SSSR count). The van der Waals surface area contributed by atoms with Crippen LogP contribution in [0.25, 0.3) is 0 Å². The first-order chi connectivity index (χ1) is 8.06. The molecule has 3 nitrogen and oxygen atoms in total. The Labute approximate surface area is 110 Å². The van der Waals surface area contributed by atoms with E-state index >= 15 is 0 Å². The summed E-state index contributed by atoms with van der Waals surface area (Å²) in [4.78, 5) is 3.91. The molecule has 17 heavy (non-hydrogen) atoms. The molecule has 0 unspecified atom stereocenters. The van der Waals surface area contributed by atoms with E-state index in [0.717, 1.165) is 0 Å². The second-order valence-electron chi connectivity index (χ2n) is 3.23. The molecule has 0 bridgehead atoms. The molecule has 1 aromatic heterocycles. The van der Waals surface area contributed by atoms with E-state index in [-0.39, 0.29) is 10.9 Å². The average Bonchev–Trinajstić information content (AvgIpc) is 2.27. The first-order valence-electron chi connectivity index (χ1n) is 4.60. The molecule has 0 aliphatic rings. The SMILES string of the molecule is Nc1cnc(Oc2ccc(Br)c(F)c2)c(Cl)c1. The van der Waals surface area contributed by atoms with Crippen molar-refractivity contribution in [2.24, 2.45) is 0 Å². The summed E-state index contributed by atoms with van der Waals surface area (Å²) in [5.74, 6) is 0.0709. The highest BCUT2D eigenvalue weighted by Gasteiger charge is 2.07. The summed E-state index contributed by atoms with van der Waals surface area (Å²) in [7, 11) is 0. The average molecular weight is 318 g/mol. The number of hydrogen-bond acceptors (Lipinski definition) is 3. The summed E-state index contributed by atoms with van der Waals surface area (Å²) in [6, 6.07) is 5.88. The molecule has 0 fully saturated rings. The highest BCUT2D eigenvalue weighted by atomic mass is 79.9. The molecule has 1 aromatic carbocycles. The Morgan fingerprint density at radius 2 is 2.12 bits per heavy atom. The molecule has 0 aliphatic heterocycles. The van der Waals surface area contributed by atoms with E-state index in [1.807, 2.05) is 0 Å². The minimum absolute atomic E-state index is 0.183. The van der Waals surface area contributed by atoms with Gasteiger partial charge in [-0.15, -0.1) is 0 Å². The maximum absolute atomic E-state index is 13.2. The summed E-state index contributed by atoms with van der Waals surface area (Å²) in [6.07, 6.45) is 1.41. The first-order valence-corrected chi connectivity index (χ1v) is 5.77. The van der Waals surface area contributed by atoms with Gasteiger partial charge in [-0.1, -0.05) is 11.6 Å². The molecule has 0 atom stereocenters. The number of nitrogen functional groups attached to an aromatic ring is 1. The maximum atomic E-state index is 13.2. The lowest BCUT2D eigenvalue weighted by molar-refractivity contribution is 0.458. The number of halogens is 3. The van der Waals surface area contributed by atoms with Gasteiger partial charge in [-0.3, -0.25) is 0 Å². The van der Waals surface area contributed by atoms with Gasteiger partial charge in [0.25, 0.3) is 0 Å². The molecule has 6 heteroatoms. The number of hydrogen-bond donors (Lipinski definition) is 1. The van der Waals surface area contributed by atoms with Gasteiger partial charge in [0.1, 0.15) is 16.6 Å². The number of nitrogens with zero attached hydrogens (tertiary/aromatic N) is 1. The Balaban J connectivity index is 2.28. The Morgan fingerprint density at radius 3 is 2.76 bits per heavy atom. The fourth-order valence-corrected chi connectivity index (χ4v) is 1.63. The third-order valence-corrected chi connectivity index (χ3v) is 2.85. The van der Waals surface area contributed by atoms with Crippen LogP contribution in [0.1, 0.15) is 0 Å². The Kier molecular flexibility index (Phi) is 3.49. The van der Waals surface area contributed by atoms with Gasteiger partial charge >= 0.3 is 0 Å². The molecule has 2 N–H and O–H groups in total. The quantitative estimate of drug-likeness (QED) is 0.910. The molecule has 88 valence electrons. The normalized spacial score (nSPS) is 10.3. The number of rotatable bonds is 2. The lowest BCUT2D eigenvalue weighted by atomic mass is 10.3. The van der Waals surface area contributed by atoms with Crippen molar-refractivity contribution in [3.63, 3.8) is 0 Å². The van der Waals surface area contributed by atoms with Crippen LogP contribution in [0.2, 0.25) is 5.02 Å². The van der Waals surface area contributed by atoms with E-state index in [9.17, 15) is 4.39 Å². The van der Waals surface area contributed by atoms with Crippen molar-refractivity contribution in [1.82, 2.24) is 4.98 Å². The van der Waals surface area contributed by atoms with Crippen molar-refractivity contribution in [3.05, 3.63) is 45.8 Å². The zero-order valence-corrected chi connectivity index (χ0v) is 10.8. The minimum atomic E-state index is -0.422. The summed E-state index contributed by atoms with van der Waals surface area (Å²) < 4.78 is 18.9. The largest absolute Gasteiger partial charge is 0.437 e. The maximum Gasteiger partial charge on any atom is 0.238 e. The number of benzene rings is 1. The van der Waals surface area contributed by atoms with Crippen LogP contribution in [-0.4, -0.2) is 4.98 Å². The van der Waals surface area contributed by atoms with E-state index in [1.165, 1.54) is 24.4 Å². The molecule has 0 spiro atoms. The number of nitrogens with two attached hydrogens (primary N) is 1. The van der Waals surface area contributed by atoms with Gasteiger partial charge in [-0.2, -0.15) is 0 Å². The molecular formula is C11H7BrClFN2O. The Bertz CT molecular complexity index is 565. The van der Waals surface area contributed by atoms with Crippen molar-refractivity contribution in [2.75, 3.05) is 5.73 Å². The molecule has 0 amide bonds. The van der Waals surface area contributed by atoms with E-state index in [1.54, 1.807) is 6.07 Å². The standard InChI is InChI=1S/C11H7BrClFN2O/c12-8-2-1-7(4-10(8)14)17-11-9(13)3-6(15)5-16-11/h1-5H,15H2. The van der Waals surface area contributed by atoms with Crippen molar-refractivity contribution in [2.45, 2.75) is 0 Å². The monoisotopic (exact) mass is 316 g/mol. The number of anilines is 1. The van der Waals surface area contributed by atoms with Gasteiger partial charge in [-0.25, -0.2) is 9.37 Å². The van der Waals surface area contributed by atoms with Gasteiger partial charge in [0, 0.05) is 6.07 Å². The fraction of sp³-hybridized carbons (Fsp3) is 0. The highest BCUT2D eigenvalue weighted by Crippen LogP contribution is 2.29. The lowest BCUT2D eigenvalue weighted by Gasteiger charge is -2.07. The predicted octanol–water partition coefficient (Wildman–Crippen LogP) is 4.01. The summed E-state index contributed by atoms with van der Waals surface area (Å²) in [5, 5.41) is 0.272. The van der Waals surface area contributed by atoms with Gasteiger partial charge < -0.3 is 10.5 Å². The van der Waals surface area contributed by atoms with E-state index in [4.69, 9.17) is 22.1 Å². The molecule has 0 radical (unpaired) electrons. The third-order valence-electron chi connectivity index (χ3n) is 1.93. The Hall–Kier alpha value is -1.33. The van der Waals surface area contributed by atoms with Crippen molar-refractivity contribution >= 4 is 33.2 Å². The van der Waals surface area contributed by atoms with Crippen molar-refractivity contribution < 1.29 is 9.13 Å². The second kappa shape index (κ2) is 4.89. The lowest BCUT2D eigenvalue weighted by Crippen LogP contribution is -1.92. The topological polar surface area (TPSA) is 48.1 Å². The minimum Gasteiger partial charge on any atom is -0.437 e. The van der Waals surface area contributed by atoms with Crippen LogP contribution >= 0.6 is 27.5 Å². The van der Waals surface area contributed by atoms with E-state index < -0.39 is 5.82 Å². The second-order valence-corrected chi connectivity index (χ2v) is 4.50. The Morgan fingerprint density at radius 1 is 1.35 bits per heavy atom.